The number of ether oxygens (including phenoxy) is 2. The zero-order chi connectivity index (χ0) is 17.9. The number of alkyl halides is 3. The van der Waals surface area contributed by atoms with Gasteiger partial charge in [0.2, 0.25) is 0 Å². The predicted molar refractivity (Wildman–Crippen MR) is 97.5 cm³/mol. The van der Waals surface area contributed by atoms with Crippen LogP contribution < -0.4 is 14.8 Å². The van der Waals surface area contributed by atoms with Crippen molar-refractivity contribution in [2.24, 2.45) is 0 Å². The highest BCUT2D eigenvalue weighted by molar-refractivity contribution is 7.08. The normalized spacial score (nSPS) is 16.6. The van der Waals surface area contributed by atoms with E-state index in [-0.39, 0.29) is 24.2 Å². The summed E-state index contributed by atoms with van der Waals surface area (Å²) in [6.45, 7) is 3.45. The number of rotatable bonds is 5. The third-order valence-corrected chi connectivity index (χ3v) is 4.81. The standard InChI is InChI=1S/C17H19F3N2O2S.ClH/c1-23-15-10-13(24-17(18,19)20)2-3-14(15)16(12-4-9-25-11-12)22-7-5-21-6-8-22;/h2-4,9-11,16,21H,5-8H2,1H3;1H/t16-;/m1./s1. The van der Waals surface area contributed by atoms with Gasteiger partial charge in [0.25, 0.3) is 0 Å². The molecule has 1 aromatic heterocycles. The molecule has 9 heteroatoms. The maximum atomic E-state index is 12.5. The molecule has 3 rings (SSSR count). The highest BCUT2D eigenvalue weighted by Gasteiger charge is 2.32. The number of piperazine rings is 1. The molecule has 0 amide bonds. The molecule has 1 atom stereocenters. The van der Waals surface area contributed by atoms with Gasteiger partial charge in [0.1, 0.15) is 11.5 Å². The number of nitrogens with one attached hydrogen (secondary N) is 1. The Bertz CT molecular complexity index is 692. The van der Waals surface area contributed by atoms with Gasteiger partial charge in [-0.15, -0.1) is 25.6 Å². The molecule has 1 aliphatic heterocycles. The van der Waals surface area contributed by atoms with Crippen molar-refractivity contribution in [2.45, 2.75) is 12.4 Å². The molecule has 1 fully saturated rings. The van der Waals surface area contributed by atoms with Crippen molar-refractivity contribution in [3.05, 3.63) is 46.2 Å². The number of hydrogen-bond donors (Lipinski definition) is 1. The van der Waals surface area contributed by atoms with Gasteiger partial charge >= 0.3 is 6.36 Å². The smallest absolute Gasteiger partial charge is 0.496 e. The van der Waals surface area contributed by atoms with Gasteiger partial charge in [0.05, 0.1) is 13.2 Å². The lowest BCUT2D eigenvalue weighted by atomic mass is 9.97. The van der Waals surface area contributed by atoms with Crippen LogP contribution in [-0.4, -0.2) is 44.6 Å². The van der Waals surface area contributed by atoms with Crippen molar-refractivity contribution in [2.75, 3.05) is 33.3 Å². The van der Waals surface area contributed by atoms with Crippen LogP contribution in [0.3, 0.4) is 0 Å². The summed E-state index contributed by atoms with van der Waals surface area (Å²) in [4.78, 5) is 2.31. The molecule has 0 radical (unpaired) electrons. The topological polar surface area (TPSA) is 33.7 Å². The van der Waals surface area contributed by atoms with Crippen LogP contribution in [0.1, 0.15) is 17.2 Å². The summed E-state index contributed by atoms with van der Waals surface area (Å²) in [5, 5.41) is 7.37. The minimum atomic E-state index is -4.72. The van der Waals surface area contributed by atoms with Crippen LogP contribution in [0.25, 0.3) is 0 Å². The minimum Gasteiger partial charge on any atom is -0.496 e. The maximum Gasteiger partial charge on any atom is 0.573 e. The van der Waals surface area contributed by atoms with E-state index in [0.29, 0.717) is 5.75 Å². The number of halogens is 4. The average Bonchev–Trinajstić information content (AvgIpc) is 3.10. The summed E-state index contributed by atoms with van der Waals surface area (Å²) in [7, 11) is 1.46. The summed E-state index contributed by atoms with van der Waals surface area (Å²) >= 11 is 1.59. The number of hydrogen-bond acceptors (Lipinski definition) is 5. The zero-order valence-corrected chi connectivity index (χ0v) is 15.7. The van der Waals surface area contributed by atoms with E-state index in [1.165, 1.54) is 19.2 Å². The van der Waals surface area contributed by atoms with E-state index in [1.807, 2.05) is 11.4 Å². The first-order chi connectivity index (χ1) is 12.0. The molecule has 0 unspecified atom stereocenters. The van der Waals surface area contributed by atoms with Crippen LogP contribution in [-0.2, 0) is 0 Å². The summed E-state index contributed by atoms with van der Waals surface area (Å²) < 4.78 is 46.8. The highest BCUT2D eigenvalue weighted by atomic mass is 35.5. The lowest BCUT2D eigenvalue weighted by molar-refractivity contribution is -0.274. The van der Waals surface area contributed by atoms with Crippen LogP contribution in [0.15, 0.2) is 35.0 Å². The Balaban J connectivity index is 0.00000243. The average molecular weight is 409 g/mol. The third-order valence-electron chi connectivity index (χ3n) is 4.11. The Labute approximate surface area is 160 Å². The largest absolute Gasteiger partial charge is 0.573 e. The van der Waals surface area contributed by atoms with Gasteiger partial charge in [-0.2, -0.15) is 11.3 Å². The first-order valence-electron chi connectivity index (χ1n) is 7.88. The lowest BCUT2D eigenvalue weighted by Crippen LogP contribution is -2.45. The fourth-order valence-corrected chi connectivity index (χ4v) is 3.75. The van der Waals surface area contributed by atoms with E-state index in [4.69, 9.17) is 4.74 Å². The Morgan fingerprint density at radius 3 is 2.50 bits per heavy atom. The van der Waals surface area contributed by atoms with Crippen molar-refractivity contribution in [3.63, 3.8) is 0 Å². The second kappa shape index (κ2) is 8.94. The highest BCUT2D eigenvalue weighted by Crippen LogP contribution is 2.38. The predicted octanol–water partition coefficient (Wildman–Crippen LogP) is 4.07. The number of methoxy groups -OCH3 is 1. The first-order valence-corrected chi connectivity index (χ1v) is 8.83. The van der Waals surface area contributed by atoms with Crippen molar-refractivity contribution in [1.29, 1.82) is 0 Å². The molecule has 0 bridgehead atoms. The molecule has 1 saturated heterocycles. The van der Waals surface area contributed by atoms with Gasteiger partial charge in [-0.05, 0) is 34.5 Å². The molecule has 2 aromatic rings. The summed E-state index contributed by atoms with van der Waals surface area (Å²) in [6, 6.07) is 6.27. The van der Waals surface area contributed by atoms with Gasteiger partial charge in [-0.25, -0.2) is 0 Å². The van der Waals surface area contributed by atoms with Crippen molar-refractivity contribution in [3.8, 4) is 11.5 Å². The van der Waals surface area contributed by atoms with Gasteiger partial charge in [-0.3, -0.25) is 4.90 Å². The maximum absolute atomic E-state index is 12.5. The molecule has 2 heterocycles. The lowest BCUT2D eigenvalue weighted by Gasteiger charge is -2.35. The minimum absolute atomic E-state index is 0. The zero-order valence-electron chi connectivity index (χ0n) is 14.1. The molecule has 0 aliphatic carbocycles. The summed E-state index contributed by atoms with van der Waals surface area (Å²) in [5.74, 6) is 0.106. The number of benzene rings is 1. The van der Waals surface area contributed by atoms with E-state index >= 15 is 0 Å². The molecule has 1 N–H and O–H groups in total. The molecule has 144 valence electrons. The summed E-state index contributed by atoms with van der Waals surface area (Å²) in [6.07, 6.45) is -4.72. The van der Waals surface area contributed by atoms with Crippen LogP contribution >= 0.6 is 23.7 Å². The van der Waals surface area contributed by atoms with E-state index in [2.05, 4.69) is 20.3 Å². The monoisotopic (exact) mass is 408 g/mol. The molecule has 0 saturated carbocycles. The molecule has 4 nitrogen and oxygen atoms in total. The van der Waals surface area contributed by atoms with Gasteiger partial charge in [-0.1, -0.05) is 0 Å². The van der Waals surface area contributed by atoms with Crippen LogP contribution in [0.4, 0.5) is 13.2 Å². The van der Waals surface area contributed by atoms with Crippen molar-refractivity contribution < 1.29 is 22.6 Å². The van der Waals surface area contributed by atoms with E-state index in [1.54, 1.807) is 17.4 Å². The van der Waals surface area contributed by atoms with E-state index < -0.39 is 6.36 Å². The molecule has 26 heavy (non-hydrogen) atoms. The van der Waals surface area contributed by atoms with Gasteiger partial charge in [0.15, 0.2) is 0 Å². The fourth-order valence-electron chi connectivity index (χ4n) is 3.07. The van der Waals surface area contributed by atoms with Gasteiger partial charge < -0.3 is 14.8 Å². The molecule has 1 aromatic carbocycles. The third kappa shape index (κ3) is 5.03. The first kappa shape index (κ1) is 20.8. The Hall–Kier alpha value is -1.48. The molecular weight excluding hydrogens is 389 g/mol. The Morgan fingerprint density at radius 2 is 1.92 bits per heavy atom. The molecular formula is C17H20ClF3N2O2S. The van der Waals surface area contributed by atoms with Crippen LogP contribution in [0, 0.1) is 0 Å². The van der Waals surface area contributed by atoms with E-state index in [9.17, 15) is 13.2 Å². The SMILES string of the molecule is COc1cc(OC(F)(F)F)ccc1[C@@H](c1ccsc1)N1CCNCC1.Cl. The number of thiophene rings is 1. The van der Waals surface area contributed by atoms with Crippen LogP contribution in [0.2, 0.25) is 0 Å². The second-order valence-electron chi connectivity index (χ2n) is 5.70. The quantitative estimate of drug-likeness (QED) is 0.808. The second-order valence-corrected chi connectivity index (χ2v) is 6.48. The van der Waals surface area contributed by atoms with Crippen molar-refractivity contribution >= 4 is 23.7 Å². The number of nitrogens with zero attached hydrogens (tertiary/aromatic N) is 1. The van der Waals surface area contributed by atoms with Crippen LogP contribution in [0.5, 0.6) is 11.5 Å². The Kier molecular flexibility index (Phi) is 7.16. The van der Waals surface area contributed by atoms with Gasteiger partial charge in [0, 0.05) is 37.8 Å². The molecule has 0 spiro atoms. The fraction of sp³-hybridized carbons (Fsp3) is 0.412. The van der Waals surface area contributed by atoms with Crippen molar-refractivity contribution in [1.82, 2.24) is 10.2 Å². The van der Waals surface area contributed by atoms with E-state index in [0.717, 1.165) is 37.3 Å². The summed E-state index contributed by atoms with van der Waals surface area (Å²) in [5.41, 5.74) is 1.94. The Morgan fingerprint density at radius 1 is 1.19 bits per heavy atom. The molecule has 1 aliphatic rings.